The van der Waals surface area contributed by atoms with Crippen molar-refractivity contribution in [3.8, 4) is 5.75 Å². The van der Waals surface area contributed by atoms with E-state index in [4.69, 9.17) is 4.74 Å². The molecule has 2 N–H and O–H groups in total. The Bertz CT molecular complexity index is 616. The molecule has 1 aromatic heterocycles. The van der Waals surface area contributed by atoms with Crippen LogP contribution in [0.15, 0.2) is 34.8 Å². The number of hydrogen-bond acceptors (Lipinski definition) is 5. The SMILES string of the molecule is CNc1ccc(C(=O)Nc2ccc(Br)c(OC)c2)nn1. The molecule has 2 rings (SSSR count). The van der Waals surface area contributed by atoms with Crippen LogP contribution in [0.25, 0.3) is 0 Å². The summed E-state index contributed by atoms with van der Waals surface area (Å²) in [5.41, 5.74) is 0.862. The molecule has 6 nitrogen and oxygen atoms in total. The first kappa shape index (κ1) is 14.3. The van der Waals surface area contributed by atoms with E-state index in [1.165, 1.54) is 0 Å². The Morgan fingerprint density at radius 2 is 2.05 bits per heavy atom. The van der Waals surface area contributed by atoms with Crippen molar-refractivity contribution in [3.05, 3.63) is 40.5 Å². The zero-order valence-electron chi connectivity index (χ0n) is 11.0. The minimum absolute atomic E-state index is 0.242. The molecule has 104 valence electrons. The zero-order valence-corrected chi connectivity index (χ0v) is 12.6. The van der Waals surface area contributed by atoms with E-state index >= 15 is 0 Å². The van der Waals surface area contributed by atoms with Crippen molar-refractivity contribution in [2.24, 2.45) is 0 Å². The van der Waals surface area contributed by atoms with E-state index in [1.54, 1.807) is 44.5 Å². The minimum atomic E-state index is -0.329. The van der Waals surface area contributed by atoms with Crippen molar-refractivity contribution in [2.45, 2.75) is 0 Å². The number of benzene rings is 1. The molecule has 1 aromatic carbocycles. The summed E-state index contributed by atoms with van der Waals surface area (Å²) in [6, 6.07) is 8.57. The van der Waals surface area contributed by atoms with Crippen molar-refractivity contribution in [1.82, 2.24) is 10.2 Å². The van der Waals surface area contributed by atoms with Crippen LogP contribution in [-0.2, 0) is 0 Å². The predicted octanol–water partition coefficient (Wildman–Crippen LogP) is 2.54. The summed E-state index contributed by atoms with van der Waals surface area (Å²) < 4.78 is 5.98. The van der Waals surface area contributed by atoms with Crippen LogP contribution in [0.4, 0.5) is 11.5 Å². The largest absolute Gasteiger partial charge is 0.495 e. The monoisotopic (exact) mass is 336 g/mol. The number of carbonyl (C=O) groups is 1. The Kier molecular flexibility index (Phi) is 4.52. The highest BCUT2D eigenvalue weighted by Crippen LogP contribution is 2.27. The van der Waals surface area contributed by atoms with Gasteiger partial charge in [0.15, 0.2) is 5.69 Å². The van der Waals surface area contributed by atoms with Gasteiger partial charge >= 0.3 is 0 Å². The Balaban J connectivity index is 2.14. The van der Waals surface area contributed by atoms with Crippen LogP contribution < -0.4 is 15.4 Å². The summed E-state index contributed by atoms with van der Waals surface area (Å²) >= 11 is 3.35. The number of nitrogens with one attached hydrogen (secondary N) is 2. The summed E-state index contributed by atoms with van der Waals surface area (Å²) in [5.74, 6) is 0.913. The van der Waals surface area contributed by atoms with Gasteiger partial charge in [0.05, 0.1) is 11.6 Å². The second kappa shape index (κ2) is 6.33. The van der Waals surface area contributed by atoms with Crippen LogP contribution in [0, 0.1) is 0 Å². The van der Waals surface area contributed by atoms with Gasteiger partial charge in [-0.25, -0.2) is 0 Å². The van der Waals surface area contributed by atoms with Crippen molar-refractivity contribution in [1.29, 1.82) is 0 Å². The summed E-state index contributed by atoms with van der Waals surface area (Å²) in [6.45, 7) is 0. The number of rotatable bonds is 4. The molecule has 7 heteroatoms. The van der Waals surface area contributed by atoms with Gasteiger partial charge in [-0.1, -0.05) is 0 Å². The van der Waals surface area contributed by atoms with Crippen LogP contribution in [-0.4, -0.2) is 30.3 Å². The van der Waals surface area contributed by atoms with E-state index < -0.39 is 0 Å². The quantitative estimate of drug-likeness (QED) is 0.897. The third-order valence-electron chi connectivity index (χ3n) is 2.56. The van der Waals surface area contributed by atoms with Crippen molar-refractivity contribution < 1.29 is 9.53 Å². The molecular weight excluding hydrogens is 324 g/mol. The first-order chi connectivity index (χ1) is 9.63. The van der Waals surface area contributed by atoms with Crippen molar-refractivity contribution in [3.63, 3.8) is 0 Å². The Labute approximate surface area is 124 Å². The van der Waals surface area contributed by atoms with Crippen LogP contribution in [0.1, 0.15) is 10.5 Å². The fourth-order valence-electron chi connectivity index (χ4n) is 1.52. The molecule has 2 aromatic rings. The lowest BCUT2D eigenvalue weighted by Crippen LogP contribution is -2.14. The van der Waals surface area contributed by atoms with Gasteiger partial charge in [-0.05, 0) is 40.2 Å². The zero-order chi connectivity index (χ0) is 14.5. The fourth-order valence-corrected chi connectivity index (χ4v) is 1.93. The number of aromatic nitrogens is 2. The summed E-state index contributed by atoms with van der Waals surface area (Å²) in [6.07, 6.45) is 0. The molecule has 1 heterocycles. The molecule has 0 unspecified atom stereocenters. The molecule has 0 bridgehead atoms. The average molecular weight is 337 g/mol. The van der Waals surface area contributed by atoms with Crippen LogP contribution in [0.2, 0.25) is 0 Å². The number of nitrogens with zero attached hydrogens (tertiary/aromatic N) is 2. The van der Waals surface area contributed by atoms with E-state index in [-0.39, 0.29) is 11.6 Å². The lowest BCUT2D eigenvalue weighted by Gasteiger charge is -2.08. The third kappa shape index (κ3) is 3.24. The molecule has 0 radical (unpaired) electrons. The molecule has 0 fully saturated rings. The maximum absolute atomic E-state index is 12.0. The summed E-state index contributed by atoms with van der Waals surface area (Å²) in [4.78, 5) is 12.0. The van der Waals surface area contributed by atoms with E-state index in [9.17, 15) is 4.79 Å². The minimum Gasteiger partial charge on any atom is -0.495 e. The van der Waals surface area contributed by atoms with Gasteiger partial charge in [-0.2, -0.15) is 0 Å². The van der Waals surface area contributed by atoms with Gasteiger partial charge in [-0.15, -0.1) is 10.2 Å². The Morgan fingerprint density at radius 1 is 1.25 bits per heavy atom. The second-order valence-corrected chi connectivity index (χ2v) is 4.71. The number of hydrogen-bond donors (Lipinski definition) is 2. The van der Waals surface area contributed by atoms with Gasteiger partial charge in [0.1, 0.15) is 11.6 Å². The number of halogens is 1. The topological polar surface area (TPSA) is 76.1 Å². The molecule has 0 saturated carbocycles. The lowest BCUT2D eigenvalue weighted by atomic mass is 10.3. The molecule has 20 heavy (non-hydrogen) atoms. The first-order valence-electron chi connectivity index (χ1n) is 5.80. The Hall–Kier alpha value is -2.15. The molecular formula is C13H13BrN4O2. The van der Waals surface area contributed by atoms with E-state index in [0.717, 1.165) is 4.47 Å². The number of ether oxygens (including phenoxy) is 1. The molecule has 1 amide bonds. The first-order valence-corrected chi connectivity index (χ1v) is 6.59. The maximum Gasteiger partial charge on any atom is 0.276 e. The highest BCUT2D eigenvalue weighted by atomic mass is 79.9. The normalized spacial score (nSPS) is 9.95. The molecule has 0 aliphatic carbocycles. The van der Waals surface area contributed by atoms with Crippen molar-refractivity contribution >= 4 is 33.3 Å². The maximum atomic E-state index is 12.0. The summed E-state index contributed by atoms with van der Waals surface area (Å²) in [5, 5.41) is 13.3. The van der Waals surface area contributed by atoms with Crippen LogP contribution in [0.5, 0.6) is 5.75 Å². The molecule has 0 spiro atoms. The molecule has 0 aliphatic rings. The number of carbonyl (C=O) groups excluding carboxylic acids is 1. The smallest absolute Gasteiger partial charge is 0.276 e. The highest BCUT2D eigenvalue weighted by molar-refractivity contribution is 9.10. The number of methoxy groups -OCH3 is 1. The third-order valence-corrected chi connectivity index (χ3v) is 3.22. The molecule has 0 saturated heterocycles. The van der Waals surface area contributed by atoms with Crippen LogP contribution >= 0.6 is 15.9 Å². The van der Waals surface area contributed by atoms with Gasteiger partial charge in [0.2, 0.25) is 0 Å². The lowest BCUT2D eigenvalue weighted by molar-refractivity contribution is 0.102. The number of amides is 1. The Morgan fingerprint density at radius 3 is 2.65 bits per heavy atom. The standard InChI is InChI=1S/C13H13BrN4O2/c1-15-12-6-5-10(17-18-12)13(19)16-8-3-4-9(14)11(7-8)20-2/h3-7H,1-2H3,(H,15,18)(H,16,19). The number of anilines is 2. The second-order valence-electron chi connectivity index (χ2n) is 3.86. The molecule has 0 aliphatic heterocycles. The van der Waals surface area contributed by atoms with E-state index in [0.29, 0.717) is 17.3 Å². The average Bonchev–Trinajstić information content (AvgIpc) is 2.49. The fraction of sp³-hybridized carbons (Fsp3) is 0.154. The van der Waals surface area contributed by atoms with Crippen LogP contribution in [0.3, 0.4) is 0 Å². The summed E-state index contributed by atoms with van der Waals surface area (Å²) in [7, 11) is 3.30. The van der Waals surface area contributed by atoms with Gasteiger partial charge in [-0.3, -0.25) is 4.79 Å². The predicted molar refractivity (Wildman–Crippen MR) is 80.2 cm³/mol. The van der Waals surface area contributed by atoms with Crippen molar-refractivity contribution in [2.75, 3.05) is 24.8 Å². The van der Waals surface area contributed by atoms with Gasteiger partial charge < -0.3 is 15.4 Å². The molecule has 0 atom stereocenters. The highest BCUT2D eigenvalue weighted by Gasteiger charge is 2.10. The van der Waals surface area contributed by atoms with E-state index in [2.05, 4.69) is 36.8 Å². The van der Waals surface area contributed by atoms with Gasteiger partial charge in [0.25, 0.3) is 5.91 Å². The van der Waals surface area contributed by atoms with E-state index in [1.807, 2.05) is 0 Å². The van der Waals surface area contributed by atoms with Gasteiger partial charge in [0, 0.05) is 18.8 Å².